The minimum Gasteiger partial charge on any atom is -0.455 e. The van der Waals surface area contributed by atoms with Crippen LogP contribution < -0.4 is 10.6 Å². The summed E-state index contributed by atoms with van der Waals surface area (Å²) in [6.45, 7) is 3.68. The number of carbonyl (C=O) groups is 3. The van der Waals surface area contributed by atoms with Crippen LogP contribution in [0.4, 0.5) is 0 Å². The van der Waals surface area contributed by atoms with Crippen LogP contribution >= 0.6 is 0 Å². The topological polar surface area (TPSA) is 84.5 Å². The van der Waals surface area contributed by atoms with Gasteiger partial charge in [0, 0.05) is 19.0 Å². The molecule has 4 aliphatic carbocycles. The Kier molecular flexibility index (Phi) is 4.10. The molecule has 4 aliphatic rings. The van der Waals surface area contributed by atoms with Crippen LogP contribution in [0.25, 0.3) is 0 Å². The van der Waals surface area contributed by atoms with E-state index in [0.29, 0.717) is 24.8 Å². The van der Waals surface area contributed by atoms with Crippen molar-refractivity contribution in [2.24, 2.45) is 17.3 Å². The number of rotatable bonds is 5. The number of hydrogen-bond donors (Lipinski definition) is 2. The van der Waals surface area contributed by atoms with E-state index in [1.807, 2.05) is 6.92 Å². The van der Waals surface area contributed by atoms with Gasteiger partial charge in [-0.15, -0.1) is 0 Å². The maximum Gasteiger partial charge on any atom is 0.312 e. The van der Waals surface area contributed by atoms with Crippen LogP contribution in [0.3, 0.4) is 0 Å². The summed E-state index contributed by atoms with van der Waals surface area (Å²) in [6, 6.07) is 0. The molecule has 4 saturated carbocycles. The molecule has 0 aromatic heterocycles. The number of hydrogen-bond acceptors (Lipinski definition) is 4. The molecule has 2 amide bonds. The van der Waals surface area contributed by atoms with Crippen molar-refractivity contribution in [3.05, 3.63) is 0 Å². The minimum absolute atomic E-state index is 0.0298. The highest BCUT2D eigenvalue weighted by molar-refractivity contribution is 5.83. The lowest BCUT2D eigenvalue weighted by Crippen LogP contribution is -2.64. The van der Waals surface area contributed by atoms with Gasteiger partial charge in [0.15, 0.2) is 6.61 Å². The molecule has 0 unspecified atom stereocenters. The Bertz CT molecular complexity index is 517. The van der Waals surface area contributed by atoms with Crippen molar-refractivity contribution in [2.45, 2.75) is 57.9 Å². The van der Waals surface area contributed by atoms with E-state index in [0.717, 1.165) is 32.1 Å². The molecule has 0 heterocycles. The maximum absolute atomic E-state index is 12.7. The van der Waals surface area contributed by atoms with Crippen molar-refractivity contribution in [1.29, 1.82) is 0 Å². The van der Waals surface area contributed by atoms with Crippen molar-refractivity contribution in [2.75, 3.05) is 13.2 Å². The van der Waals surface area contributed by atoms with Crippen LogP contribution in [-0.4, -0.2) is 36.5 Å². The molecule has 4 rings (SSSR count). The number of amides is 2. The molecule has 0 saturated heterocycles. The van der Waals surface area contributed by atoms with E-state index in [-0.39, 0.29) is 29.9 Å². The fourth-order valence-corrected chi connectivity index (χ4v) is 5.55. The number of esters is 1. The van der Waals surface area contributed by atoms with E-state index in [1.165, 1.54) is 0 Å². The van der Waals surface area contributed by atoms with E-state index in [9.17, 15) is 14.4 Å². The summed E-state index contributed by atoms with van der Waals surface area (Å²) in [5, 5.41) is 5.76. The van der Waals surface area contributed by atoms with Crippen LogP contribution in [0.15, 0.2) is 0 Å². The van der Waals surface area contributed by atoms with Crippen molar-refractivity contribution in [3.8, 4) is 0 Å². The van der Waals surface area contributed by atoms with Gasteiger partial charge in [-0.1, -0.05) is 0 Å². The smallest absolute Gasteiger partial charge is 0.312 e. The highest BCUT2D eigenvalue weighted by atomic mass is 16.5. The molecule has 4 bridgehead atoms. The quantitative estimate of drug-likeness (QED) is 0.744. The van der Waals surface area contributed by atoms with Crippen LogP contribution in [0.2, 0.25) is 0 Å². The second kappa shape index (κ2) is 5.80. The monoisotopic (exact) mass is 322 g/mol. The third kappa shape index (κ3) is 3.08. The average molecular weight is 322 g/mol. The van der Waals surface area contributed by atoms with Crippen LogP contribution in [-0.2, 0) is 19.1 Å². The van der Waals surface area contributed by atoms with E-state index < -0.39 is 5.41 Å². The lowest BCUT2D eigenvalue weighted by Gasteiger charge is -2.60. The number of nitrogens with one attached hydrogen (secondary N) is 2. The molecule has 0 spiro atoms. The molecule has 2 N–H and O–H groups in total. The van der Waals surface area contributed by atoms with Gasteiger partial charge < -0.3 is 15.4 Å². The second-order valence-electron chi connectivity index (χ2n) is 7.73. The van der Waals surface area contributed by atoms with Gasteiger partial charge in [-0.2, -0.15) is 0 Å². The highest BCUT2D eigenvalue weighted by Gasteiger charge is 2.61. The van der Waals surface area contributed by atoms with Crippen LogP contribution in [0.5, 0.6) is 0 Å². The van der Waals surface area contributed by atoms with Crippen LogP contribution in [0, 0.1) is 17.3 Å². The van der Waals surface area contributed by atoms with Gasteiger partial charge in [-0.25, -0.2) is 0 Å². The Balaban J connectivity index is 1.72. The van der Waals surface area contributed by atoms with E-state index >= 15 is 0 Å². The molecule has 6 nitrogen and oxygen atoms in total. The Hall–Kier alpha value is -1.59. The lowest BCUT2D eigenvalue weighted by molar-refractivity contribution is -0.177. The molecular formula is C17H26N2O4. The summed E-state index contributed by atoms with van der Waals surface area (Å²) in [5.74, 6) is 0.396. The van der Waals surface area contributed by atoms with Gasteiger partial charge in [-0.3, -0.25) is 14.4 Å². The molecule has 23 heavy (non-hydrogen) atoms. The summed E-state index contributed by atoms with van der Waals surface area (Å²) in [4.78, 5) is 35.9. The second-order valence-corrected chi connectivity index (χ2v) is 7.73. The SMILES string of the molecule is CCNC(=O)COC(=O)C12C[C@H]3C[C@@H](CC(NC(C)=O)(C3)C1)C2. The number of likely N-dealkylation sites (N-methyl/N-ethyl adjacent to an activating group) is 1. The molecule has 4 fully saturated rings. The zero-order valence-corrected chi connectivity index (χ0v) is 13.9. The summed E-state index contributed by atoms with van der Waals surface area (Å²) in [6.07, 6.45) is 5.40. The number of ether oxygens (including phenoxy) is 1. The molecule has 0 aliphatic heterocycles. The summed E-state index contributed by atoms with van der Waals surface area (Å²) in [7, 11) is 0. The van der Waals surface area contributed by atoms with E-state index in [2.05, 4.69) is 10.6 Å². The Morgan fingerprint density at radius 3 is 2.35 bits per heavy atom. The zero-order chi connectivity index (χ0) is 16.7. The van der Waals surface area contributed by atoms with Gasteiger partial charge in [0.1, 0.15) is 0 Å². The van der Waals surface area contributed by atoms with E-state index in [4.69, 9.17) is 4.74 Å². The van der Waals surface area contributed by atoms with Gasteiger partial charge in [-0.05, 0) is 57.3 Å². The van der Waals surface area contributed by atoms with Gasteiger partial charge in [0.25, 0.3) is 5.91 Å². The van der Waals surface area contributed by atoms with Crippen LogP contribution in [0.1, 0.15) is 52.4 Å². The summed E-state index contributed by atoms with van der Waals surface area (Å²) < 4.78 is 5.33. The van der Waals surface area contributed by atoms with Gasteiger partial charge in [0.2, 0.25) is 5.91 Å². The van der Waals surface area contributed by atoms with E-state index in [1.54, 1.807) is 6.92 Å². The van der Waals surface area contributed by atoms with Crippen molar-refractivity contribution in [1.82, 2.24) is 10.6 Å². The molecule has 0 aromatic carbocycles. The molecular weight excluding hydrogens is 296 g/mol. The maximum atomic E-state index is 12.7. The standard InChI is InChI=1S/C17H26N2O4/c1-3-18-14(21)9-23-15(22)16-5-12-4-13(6-16)8-17(7-12,10-16)19-11(2)20/h12-13H,3-10H2,1-2H3,(H,18,21)(H,19,20)/t12-,13-,16?,17?/m1/s1. The summed E-state index contributed by atoms with van der Waals surface area (Å²) in [5.41, 5.74) is -0.764. The van der Waals surface area contributed by atoms with Gasteiger partial charge >= 0.3 is 5.97 Å². The van der Waals surface area contributed by atoms with Crippen molar-refractivity contribution >= 4 is 17.8 Å². The Morgan fingerprint density at radius 2 is 1.78 bits per heavy atom. The molecule has 128 valence electrons. The third-order valence-corrected chi connectivity index (χ3v) is 5.64. The zero-order valence-electron chi connectivity index (χ0n) is 13.9. The fourth-order valence-electron chi connectivity index (χ4n) is 5.55. The highest BCUT2D eigenvalue weighted by Crippen LogP contribution is 2.62. The van der Waals surface area contributed by atoms with Crippen molar-refractivity contribution < 1.29 is 19.1 Å². The average Bonchev–Trinajstić information content (AvgIpc) is 2.42. The first-order chi connectivity index (χ1) is 10.9. The predicted molar refractivity (Wildman–Crippen MR) is 83.3 cm³/mol. The first-order valence-corrected chi connectivity index (χ1v) is 8.59. The third-order valence-electron chi connectivity index (χ3n) is 5.64. The fraction of sp³-hybridized carbons (Fsp3) is 0.824. The number of carbonyl (C=O) groups excluding carboxylic acids is 3. The predicted octanol–water partition coefficient (Wildman–Crippen LogP) is 1.14. The Morgan fingerprint density at radius 1 is 1.13 bits per heavy atom. The molecule has 0 radical (unpaired) electrons. The van der Waals surface area contributed by atoms with Crippen molar-refractivity contribution in [3.63, 3.8) is 0 Å². The summed E-state index contributed by atoms with van der Waals surface area (Å²) >= 11 is 0. The first kappa shape index (κ1) is 16.3. The minimum atomic E-state index is -0.515. The van der Waals surface area contributed by atoms with Gasteiger partial charge in [0.05, 0.1) is 5.41 Å². The lowest BCUT2D eigenvalue weighted by atomic mass is 9.47. The first-order valence-electron chi connectivity index (χ1n) is 8.59. The molecule has 2 atom stereocenters. The molecule has 6 heteroatoms. The normalized spacial score (nSPS) is 37.3. The Labute approximate surface area is 136 Å². The largest absolute Gasteiger partial charge is 0.455 e. The molecule has 0 aromatic rings.